The molecule has 0 unspecified atom stereocenters. The first kappa shape index (κ1) is 21.9. The van der Waals surface area contributed by atoms with Crippen molar-refractivity contribution in [1.82, 2.24) is 9.47 Å². The zero-order valence-electron chi connectivity index (χ0n) is 18.8. The van der Waals surface area contributed by atoms with Gasteiger partial charge in [0.05, 0.1) is 5.56 Å². The minimum absolute atomic E-state index is 0.0552. The van der Waals surface area contributed by atoms with Crippen LogP contribution in [0.25, 0.3) is 0 Å². The van der Waals surface area contributed by atoms with Crippen molar-refractivity contribution in [2.75, 3.05) is 25.0 Å². The molecule has 170 valence electrons. The van der Waals surface area contributed by atoms with Gasteiger partial charge in [0, 0.05) is 38.3 Å². The van der Waals surface area contributed by atoms with E-state index in [0.29, 0.717) is 30.2 Å². The van der Waals surface area contributed by atoms with Crippen LogP contribution in [0.2, 0.25) is 0 Å². The van der Waals surface area contributed by atoms with Crippen molar-refractivity contribution >= 4 is 17.5 Å². The topological polar surface area (TPSA) is 89.9 Å². The smallest absolute Gasteiger partial charge is 0.274 e. The largest absolute Gasteiger partial charge is 0.483 e. The first-order chi connectivity index (χ1) is 15.2. The van der Waals surface area contributed by atoms with Gasteiger partial charge in [-0.3, -0.25) is 14.4 Å². The highest BCUT2D eigenvalue weighted by atomic mass is 16.5. The quantitative estimate of drug-likeness (QED) is 0.774. The number of carbonyl (C=O) groups excluding carboxylic acids is 2. The number of hydrogen-bond donors (Lipinski definition) is 1. The zero-order valence-corrected chi connectivity index (χ0v) is 18.8. The zero-order chi connectivity index (χ0) is 22.9. The van der Waals surface area contributed by atoms with Gasteiger partial charge in [-0.1, -0.05) is 12.1 Å². The molecule has 0 radical (unpaired) electrons. The lowest BCUT2D eigenvalue weighted by Crippen LogP contribution is -2.36. The molecular weight excluding hydrogens is 410 g/mol. The molecule has 8 heteroatoms. The number of ether oxygens (including phenoxy) is 2. The van der Waals surface area contributed by atoms with Crippen LogP contribution >= 0.6 is 0 Å². The monoisotopic (exact) mass is 439 g/mol. The number of hydrogen-bond acceptors (Lipinski definition) is 5. The van der Waals surface area contributed by atoms with Gasteiger partial charge in [0.1, 0.15) is 11.3 Å². The summed E-state index contributed by atoms with van der Waals surface area (Å²) in [6.07, 6.45) is 5.34. The predicted octanol–water partition coefficient (Wildman–Crippen LogP) is 2.74. The van der Waals surface area contributed by atoms with Crippen LogP contribution in [0, 0.1) is 0 Å². The Morgan fingerprint density at radius 3 is 2.69 bits per heavy atom. The van der Waals surface area contributed by atoms with Crippen molar-refractivity contribution in [1.29, 1.82) is 0 Å². The second-order valence-electron chi connectivity index (χ2n) is 9.03. The molecule has 0 bridgehead atoms. The van der Waals surface area contributed by atoms with Crippen LogP contribution < -0.4 is 20.3 Å². The second-order valence-corrected chi connectivity index (χ2v) is 9.03. The minimum Gasteiger partial charge on any atom is -0.483 e. The summed E-state index contributed by atoms with van der Waals surface area (Å²) in [7, 11) is 1.56. The number of likely N-dealkylation sites (tertiary alicyclic amines) is 1. The molecule has 1 saturated heterocycles. The molecule has 1 fully saturated rings. The van der Waals surface area contributed by atoms with Crippen LogP contribution in [0.5, 0.6) is 11.5 Å². The molecule has 32 heavy (non-hydrogen) atoms. The van der Waals surface area contributed by atoms with Gasteiger partial charge < -0.3 is 24.3 Å². The summed E-state index contributed by atoms with van der Waals surface area (Å²) in [6, 6.07) is 7.04. The van der Waals surface area contributed by atoms with Gasteiger partial charge in [-0.05, 0) is 45.2 Å². The third-order valence-corrected chi connectivity index (χ3v) is 5.76. The van der Waals surface area contributed by atoms with Crippen molar-refractivity contribution in [3.8, 4) is 11.5 Å². The highest BCUT2D eigenvalue weighted by Crippen LogP contribution is 2.41. The number of amides is 2. The third-order valence-electron chi connectivity index (χ3n) is 5.76. The van der Waals surface area contributed by atoms with E-state index in [9.17, 15) is 14.4 Å². The number of aryl methyl sites for hydroxylation is 1. The molecule has 1 aromatic carbocycles. The lowest BCUT2D eigenvalue weighted by atomic mass is 10.0. The molecule has 2 aromatic rings. The van der Waals surface area contributed by atoms with E-state index in [-0.39, 0.29) is 29.4 Å². The molecular formula is C24H29N3O5. The van der Waals surface area contributed by atoms with Crippen LogP contribution in [0.15, 0.2) is 35.3 Å². The maximum absolute atomic E-state index is 12.8. The number of carbonyl (C=O) groups is 2. The standard InChI is InChI=1S/C24H29N3O5/c1-24(2)13-16-8-7-9-19(21(16)32-24)31-15-20(28)25-18-12-17(14-26(3)23(18)30)22(29)27-10-5-4-6-11-27/h7-9,12,14H,4-6,10-11,13,15H2,1-3H3,(H,25,28). The van der Waals surface area contributed by atoms with Gasteiger partial charge in [-0.15, -0.1) is 0 Å². The van der Waals surface area contributed by atoms with Gasteiger partial charge >= 0.3 is 0 Å². The summed E-state index contributed by atoms with van der Waals surface area (Å²) >= 11 is 0. The normalized spacial score (nSPS) is 16.8. The van der Waals surface area contributed by atoms with Crippen LogP contribution in [0.1, 0.15) is 49.0 Å². The Morgan fingerprint density at radius 1 is 1.19 bits per heavy atom. The predicted molar refractivity (Wildman–Crippen MR) is 120 cm³/mol. The van der Waals surface area contributed by atoms with E-state index in [4.69, 9.17) is 9.47 Å². The molecule has 4 rings (SSSR count). The molecule has 1 aromatic heterocycles. The molecule has 0 aliphatic carbocycles. The lowest BCUT2D eigenvalue weighted by Gasteiger charge is -2.27. The number of pyridine rings is 1. The molecule has 0 saturated carbocycles. The highest BCUT2D eigenvalue weighted by Gasteiger charge is 2.32. The summed E-state index contributed by atoms with van der Waals surface area (Å²) in [6.45, 7) is 5.12. The Hall–Kier alpha value is -3.29. The van der Waals surface area contributed by atoms with Crippen molar-refractivity contribution in [3.63, 3.8) is 0 Å². The number of piperidine rings is 1. The number of fused-ring (bicyclic) bond motifs is 1. The fourth-order valence-corrected chi connectivity index (χ4v) is 4.23. The van der Waals surface area contributed by atoms with Gasteiger partial charge in [0.2, 0.25) is 0 Å². The van der Waals surface area contributed by atoms with Crippen molar-refractivity contribution < 1.29 is 19.1 Å². The number of anilines is 1. The first-order valence-corrected chi connectivity index (χ1v) is 11.0. The fraction of sp³-hybridized carbons (Fsp3) is 0.458. The van der Waals surface area contributed by atoms with E-state index < -0.39 is 5.91 Å². The van der Waals surface area contributed by atoms with Crippen molar-refractivity contribution in [2.45, 2.75) is 45.1 Å². The van der Waals surface area contributed by atoms with Crippen molar-refractivity contribution in [2.24, 2.45) is 7.05 Å². The van der Waals surface area contributed by atoms with Crippen molar-refractivity contribution in [3.05, 3.63) is 51.9 Å². The molecule has 0 atom stereocenters. The van der Waals surface area contributed by atoms with E-state index >= 15 is 0 Å². The van der Waals surface area contributed by atoms with Crippen LogP contribution in [0.3, 0.4) is 0 Å². The average molecular weight is 440 g/mol. The summed E-state index contributed by atoms with van der Waals surface area (Å²) in [5, 5.41) is 2.59. The Labute approximate surface area is 187 Å². The summed E-state index contributed by atoms with van der Waals surface area (Å²) in [5.74, 6) is 0.520. The van der Waals surface area contributed by atoms with Crippen LogP contribution in [0.4, 0.5) is 5.69 Å². The second kappa shape index (κ2) is 8.68. The Balaban J connectivity index is 1.45. The maximum Gasteiger partial charge on any atom is 0.274 e. The van der Waals surface area contributed by atoms with Crippen LogP contribution in [-0.2, 0) is 18.3 Å². The molecule has 8 nitrogen and oxygen atoms in total. The van der Waals surface area contributed by atoms with Gasteiger partial charge in [-0.25, -0.2) is 0 Å². The molecule has 0 spiro atoms. The van der Waals surface area contributed by atoms with Gasteiger partial charge in [0.25, 0.3) is 17.4 Å². The lowest BCUT2D eigenvalue weighted by molar-refractivity contribution is -0.118. The van der Waals surface area contributed by atoms with E-state index in [0.717, 1.165) is 31.2 Å². The number of para-hydroxylation sites is 1. The Kier molecular flexibility index (Phi) is 5.95. The van der Waals surface area contributed by atoms with Gasteiger partial charge in [-0.2, -0.15) is 0 Å². The van der Waals surface area contributed by atoms with E-state index in [1.807, 2.05) is 26.0 Å². The first-order valence-electron chi connectivity index (χ1n) is 11.0. The Morgan fingerprint density at radius 2 is 1.94 bits per heavy atom. The SMILES string of the molecule is Cn1cc(C(=O)N2CCCCC2)cc(NC(=O)COc2cccc3c2OC(C)(C)C3)c1=O. The van der Waals surface area contributed by atoms with Gasteiger partial charge in [0.15, 0.2) is 18.1 Å². The fourth-order valence-electron chi connectivity index (χ4n) is 4.23. The molecule has 1 N–H and O–H groups in total. The maximum atomic E-state index is 12.8. The summed E-state index contributed by atoms with van der Waals surface area (Å²) in [5.41, 5.74) is 0.753. The number of nitrogens with one attached hydrogen (secondary N) is 1. The molecule has 2 amide bonds. The number of benzene rings is 1. The third kappa shape index (κ3) is 4.64. The molecule has 2 aliphatic rings. The Bertz CT molecular complexity index is 1100. The van der Waals surface area contributed by atoms with Crippen LogP contribution in [-0.4, -0.2) is 46.6 Å². The average Bonchev–Trinajstić information content (AvgIpc) is 3.09. The van der Waals surface area contributed by atoms with E-state index in [1.165, 1.54) is 16.8 Å². The minimum atomic E-state index is -0.487. The molecule has 2 aliphatic heterocycles. The highest BCUT2D eigenvalue weighted by molar-refractivity contribution is 5.97. The van der Waals surface area contributed by atoms with E-state index in [2.05, 4.69) is 5.32 Å². The summed E-state index contributed by atoms with van der Waals surface area (Å²) in [4.78, 5) is 39.7. The summed E-state index contributed by atoms with van der Waals surface area (Å²) < 4.78 is 13.0. The number of rotatable bonds is 5. The number of nitrogens with zero attached hydrogens (tertiary/aromatic N) is 2. The van der Waals surface area contributed by atoms with E-state index in [1.54, 1.807) is 18.0 Å². The number of aromatic nitrogens is 1. The molecule has 3 heterocycles.